The van der Waals surface area contributed by atoms with Crippen LogP contribution in [-0.2, 0) is 16.8 Å². The number of benzene rings is 3. The fourth-order valence-electron chi connectivity index (χ4n) is 5.20. The maximum atomic E-state index is 14.0. The van der Waals surface area contributed by atoms with Gasteiger partial charge in [-0.3, -0.25) is 4.79 Å². The highest BCUT2D eigenvalue weighted by atomic mass is 79.9. The number of anilines is 2. The van der Waals surface area contributed by atoms with E-state index >= 15 is 0 Å². The van der Waals surface area contributed by atoms with Gasteiger partial charge in [-0.15, -0.1) is 5.10 Å². The van der Waals surface area contributed by atoms with Gasteiger partial charge < -0.3 is 20.1 Å². The summed E-state index contributed by atoms with van der Waals surface area (Å²) in [5, 5.41) is 11.9. The fraction of sp³-hybridized carbons (Fsp3) is 0.343. The Morgan fingerprint density at radius 2 is 1.87 bits per heavy atom. The first-order chi connectivity index (χ1) is 21.5. The number of fused-ring (bicyclic) bond motifs is 1. The molecular formula is C35H40BrN5O3S. The van der Waals surface area contributed by atoms with E-state index in [1.807, 2.05) is 50.2 Å². The summed E-state index contributed by atoms with van der Waals surface area (Å²) in [4.78, 5) is 18.7. The molecule has 236 valence electrons. The van der Waals surface area contributed by atoms with Gasteiger partial charge >= 0.3 is 0 Å². The zero-order valence-electron chi connectivity index (χ0n) is 26.8. The molecule has 0 saturated carbocycles. The van der Waals surface area contributed by atoms with Gasteiger partial charge in [0, 0.05) is 17.1 Å². The molecule has 3 aromatic carbocycles. The van der Waals surface area contributed by atoms with E-state index in [4.69, 9.17) is 19.6 Å². The Morgan fingerprint density at radius 1 is 1.11 bits per heavy atom. The zero-order valence-corrected chi connectivity index (χ0v) is 29.2. The lowest BCUT2D eigenvalue weighted by Gasteiger charge is -2.29. The number of rotatable bonds is 10. The Kier molecular flexibility index (Phi) is 9.94. The molecule has 0 bridgehead atoms. The van der Waals surface area contributed by atoms with Crippen molar-refractivity contribution >= 4 is 45.2 Å². The average molecular weight is 691 g/mol. The lowest BCUT2D eigenvalue weighted by molar-refractivity contribution is -0.113. The fourth-order valence-corrected chi connectivity index (χ4v) is 6.46. The number of nitrogens with zero attached hydrogens (tertiary/aromatic N) is 3. The third kappa shape index (κ3) is 7.39. The quantitative estimate of drug-likeness (QED) is 0.161. The smallest absolute Gasteiger partial charge is 0.255 e. The van der Waals surface area contributed by atoms with Crippen molar-refractivity contribution in [3.8, 4) is 11.5 Å². The number of allylic oxidation sites excluding steroid dienone is 1. The van der Waals surface area contributed by atoms with E-state index in [0.717, 1.165) is 34.6 Å². The number of thioether (sulfide) groups is 1. The molecule has 0 radical (unpaired) electrons. The van der Waals surface area contributed by atoms with Gasteiger partial charge in [-0.2, -0.15) is 4.98 Å². The second-order valence-electron chi connectivity index (χ2n) is 12.2. The summed E-state index contributed by atoms with van der Waals surface area (Å²) in [6, 6.07) is 19.5. The molecule has 4 aromatic rings. The molecule has 2 heterocycles. The van der Waals surface area contributed by atoms with Crippen LogP contribution < -0.4 is 20.1 Å². The lowest BCUT2D eigenvalue weighted by atomic mass is 9.87. The minimum absolute atomic E-state index is 0.0815. The molecule has 1 aromatic heterocycles. The van der Waals surface area contributed by atoms with Gasteiger partial charge in [0.15, 0.2) is 11.5 Å². The molecule has 1 aliphatic heterocycles. The molecule has 0 saturated heterocycles. The molecule has 1 aliphatic rings. The van der Waals surface area contributed by atoms with Crippen LogP contribution in [-0.4, -0.2) is 33.5 Å². The molecule has 1 amide bonds. The Bertz CT molecular complexity index is 1730. The maximum absolute atomic E-state index is 14.0. The molecular weight excluding hydrogens is 650 g/mol. The molecule has 45 heavy (non-hydrogen) atoms. The third-order valence-electron chi connectivity index (χ3n) is 7.56. The summed E-state index contributed by atoms with van der Waals surface area (Å²) < 4.78 is 14.6. The number of methoxy groups -OCH3 is 1. The van der Waals surface area contributed by atoms with E-state index < -0.39 is 6.04 Å². The van der Waals surface area contributed by atoms with Crippen molar-refractivity contribution in [2.24, 2.45) is 0 Å². The third-order valence-corrected chi connectivity index (χ3v) is 9.19. The molecule has 0 fully saturated rings. The van der Waals surface area contributed by atoms with Crippen molar-refractivity contribution in [3.05, 3.63) is 98.7 Å². The molecule has 1 unspecified atom stereocenters. The van der Waals surface area contributed by atoms with Gasteiger partial charge in [-0.1, -0.05) is 75.9 Å². The van der Waals surface area contributed by atoms with E-state index in [0.29, 0.717) is 45.0 Å². The van der Waals surface area contributed by atoms with Crippen molar-refractivity contribution in [1.82, 2.24) is 14.8 Å². The maximum Gasteiger partial charge on any atom is 0.255 e. The molecule has 10 heteroatoms. The number of carbonyl (C=O) groups excluding carboxylic acids is 1. The summed E-state index contributed by atoms with van der Waals surface area (Å²) in [5.74, 6) is 2.37. The van der Waals surface area contributed by atoms with Gasteiger partial charge in [0.05, 0.1) is 17.2 Å². The molecule has 0 spiro atoms. The number of halogens is 1. The van der Waals surface area contributed by atoms with Crippen LogP contribution in [0, 0.1) is 6.92 Å². The minimum Gasteiger partial charge on any atom is -0.493 e. The van der Waals surface area contributed by atoms with E-state index in [-0.39, 0.29) is 11.3 Å². The van der Waals surface area contributed by atoms with Crippen LogP contribution in [0.3, 0.4) is 0 Å². The van der Waals surface area contributed by atoms with Gasteiger partial charge in [0.25, 0.3) is 5.91 Å². The van der Waals surface area contributed by atoms with Crippen molar-refractivity contribution in [2.45, 2.75) is 71.2 Å². The summed E-state index contributed by atoms with van der Waals surface area (Å²) in [7, 11) is 1.62. The van der Waals surface area contributed by atoms with Crippen molar-refractivity contribution in [2.75, 3.05) is 23.5 Å². The highest BCUT2D eigenvalue weighted by Crippen LogP contribution is 2.43. The number of carbonyl (C=O) groups is 1. The molecule has 2 N–H and O–H groups in total. The second kappa shape index (κ2) is 13.7. The van der Waals surface area contributed by atoms with E-state index in [2.05, 4.69) is 78.5 Å². The normalized spacial score (nSPS) is 14.5. The minimum atomic E-state index is -0.571. The first-order valence-electron chi connectivity index (χ1n) is 15.0. The monoisotopic (exact) mass is 689 g/mol. The Labute approximate surface area is 278 Å². The number of aryl methyl sites for hydroxylation is 1. The Hall–Kier alpha value is -3.76. The van der Waals surface area contributed by atoms with Crippen LogP contribution in [0.1, 0.15) is 69.3 Å². The number of aromatic nitrogens is 3. The van der Waals surface area contributed by atoms with Gasteiger partial charge in [0.1, 0.15) is 12.6 Å². The first-order valence-corrected chi connectivity index (χ1v) is 16.8. The summed E-state index contributed by atoms with van der Waals surface area (Å²) in [5.41, 5.74) is 6.21. The highest BCUT2D eigenvalue weighted by Gasteiger charge is 2.35. The highest BCUT2D eigenvalue weighted by molar-refractivity contribution is 9.10. The number of ether oxygens (including phenoxy) is 2. The van der Waals surface area contributed by atoms with Crippen LogP contribution in [0.2, 0.25) is 0 Å². The predicted octanol–water partition coefficient (Wildman–Crippen LogP) is 8.66. The molecule has 8 nitrogen and oxygen atoms in total. The summed E-state index contributed by atoms with van der Waals surface area (Å²) in [6.07, 6.45) is 0.999. The van der Waals surface area contributed by atoms with Gasteiger partial charge in [-0.05, 0) is 88.1 Å². The molecule has 1 atom stereocenters. The summed E-state index contributed by atoms with van der Waals surface area (Å²) in [6.45, 7) is 13.0. The van der Waals surface area contributed by atoms with Crippen LogP contribution in [0.25, 0.3) is 0 Å². The SMILES string of the molecule is CCCSc1nc2n(n1)C(c1cc(Br)c(OCc3ccc(C(C)(C)C)cc3)c(OC)c1)C(C(=O)Nc1cccc(C)c1)=C(C)N2. The first kappa shape index (κ1) is 32.6. The number of hydrogen-bond acceptors (Lipinski definition) is 7. The zero-order chi connectivity index (χ0) is 32.3. The van der Waals surface area contributed by atoms with Crippen molar-refractivity contribution < 1.29 is 14.3 Å². The number of hydrogen-bond donors (Lipinski definition) is 2. The second-order valence-corrected chi connectivity index (χ2v) is 14.1. The van der Waals surface area contributed by atoms with Gasteiger partial charge in [-0.25, -0.2) is 4.68 Å². The van der Waals surface area contributed by atoms with Crippen molar-refractivity contribution in [3.63, 3.8) is 0 Å². The van der Waals surface area contributed by atoms with E-state index in [1.165, 1.54) is 5.56 Å². The van der Waals surface area contributed by atoms with E-state index in [1.54, 1.807) is 23.6 Å². The van der Waals surface area contributed by atoms with Crippen LogP contribution in [0.5, 0.6) is 11.5 Å². The van der Waals surface area contributed by atoms with Gasteiger partial charge in [0.2, 0.25) is 11.1 Å². The standard InChI is InChI=1S/C35H40BrN5O3S/c1-8-16-45-34-39-33-37-22(3)29(32(42)38-26-11-9-10-21(2)17-26)30(41(33)40-34)24-18-27(36)31(28(19-24)43-7)44-20-23-12-14-25(15-13-23)35(4,5)6/h9-15,17-19,30H,8,16,20H2,1-7H3,(H,38,42)(H,37,39,40). The topological polar surface area (TPSA) is 90.3 Å². The largest absolute Gasteiger partial charge is 0.493 e. The van der Waals surface area contributed by atoms with Crippen LogP contribution in [0.15, 0.2) is 81.6 Å². The number of nitrogens with one attached hydrogen (secondary N) is 2. The Balaban J connectivity index is 1.51. The Morgan fingerprint density at radius 3 is 2.53 bits per heavy atom. The predicted molar refractivity (Wildman–Crippen MR) is 185 cm³/mol. The molecule has 5 rings (SSSR count). The lowest BCUT2D eigenvalue weighted by Crippen LogP contribution is -2.31. The summed E-state index contributed by atoms with van der Waals surface area (Å²) >= 11 is 5.33. The van der Waals surface area contributed by atoms with E-state index in [9.17, 15) is 4.79 Å². The van der Waals surface area contributed by atoms with Crippen LogP contribution >= 0.6 is 27.7 Å². The molecule has 0 aliphatic carbocycles. The average Bonchev–Trinajstić information content (AvgIpc) is 3.40. The number of amides is 1. The van der Waals surface area contributed by atoms with Crippen molar-refractivity contribution in [1.29, 1.82) is 0 Å². The van der Waals surface area contributed by atoms with Crippen LogP contribution in [0.4, 0.5) is 11.6 Å².